The van der Waals surface area contributed by atoms with Crippen molar-refractivity contribution in [1.29, 1.82) is 0 Å². The summed E-state index contributed by atoms with van der Waals surface area (Å²) in [6, 6.07) is 7.16. The summed E-state index contributed by atoms with van der Waals surface area (Å²) in [5.41, 5.74) is 0.666. The minimum absolute atomic E-state index is 0.00519. The fraction of sp³-hybridized carbons (Fsp3) is 0.533. The van der Waals surface area contributed by atoms with Gasteiger partial charge in [0.25, 0.3) is 5.91 Å². The maximum Gasteiger partial charge on any atom is 0.282 e. The van der Waals surface area contributed by atoms with Crippen LogP contribution in [0.1, 0.15) is 20.8 Å². The zero-order valence-corrected chi connectivity index (χ0v) is 12.9. The van der Waals surface area contributed by atoms with Crippen molar-refractivity contribution in [2.75, 3.05) is 18.4 Å². The van der Waals surface area contributed by atoms with Crippen molar-refractivity contribution in [3.63, 3.8) is 0 Å². The molecule has 0 bridgehead atoms. The molecule has 2 N–H and O–H groups in total. The van der Waals surface area contributed by atoms with Crippen LogP contribution in [0.5, 0.6) is 0 Å². The first-order valence-electron chi connectivity index (χ1n) is 7.02. The summed E-state index contributed by atoms with van der Waals surface area (Å²) >= 11 is 6.06. The molecule has 1 saturated heterocycles. The smallest absolute Gasteiger partial charge is 0.282 e. The van der Waals surface area contributed by atoms with Crippen LogP contribution in [0.2, 0.25) is 5.02 Å². The second kappa shape index (κ2) is 6.57. The summed E-state index contributed by atoms with van der Waals surface area (Å²) in [6.45, 7) is 7.75. The van der Waals surface area contributed by atoms with E-state index in [-0.39, 0.29) is 24.2 Å². The molecule has 1 aromatic carbocycles. The van der Waals surface area contributed by atoms with Gasteiger partial charge in [-0.3, -0.25) is 4.79 Å². The van der Waals surface area contributed by atoms with Crippen molar-refractivity contribution >= 4 is 23.2 Å². The minimum atomic E-state index is -0.125. The Morgan fingerprint density at radius 3 is 2.55 bits per heavy atom. The Bertz CT molecular complexity index is 471. The molecule has 0 aromatic heterocycles. The number of rotatable bonds is 3. The van der Waals surface area contributed by atoms with Gasteiger partial charge in [0.2, 0.25) is 0 Å². The molecular weight excluding hydrogens is 276 g/mol. The van der Waals surface area contributed by atoms with Crippen molar-refractivity contribution in [2.24, 2.45) is 0 Å². The predicted octanol–water partition coefficient (Wildman–Crippen LogP) is 1.36. The molecule has 0 spiro atoms. The van der Waals surface area contributed by atoms with Gasteiger partial charge in [-0.1, -0.05) is 23.7 Å². The molecule has 0 saturated carbocycles. The number of morpholine rings is 1. The molecule has 4 nitrogen and oxygen atoms in total. The largest absolute Gasteiger partial charge is 0.364 e. The maximum absolute atomic E-state index is 12.3. The summed E-state index contributed by atoms with van der Waals surface area (Å²) in [5.74, 6) is -0.00519. The van der Waals surface area contributed by atoms with Gasteiger partial charge in [-0.2, -0.15) is 0 Å². The molecule has 1 amide bonds. The second-order valence-corrected chi connectivity index (χ2v) is 5.92. The maximum atomic E-state index is 12.3. The van der Waals surface area contributed by atoms with Gasteiger partial charge in [-0.05, 0) is 32.9 Å². The van der Waals surface area contributed by atoms with Gasteiger partial charge in [-0.15, -0.1) is 0 Å². The first-order chi connectivity index (χ1) is 9.47. The van der Waals surface area contributed by atoms with E-state index in [9.17, 15) is 4.79 Å². The highest BCUT2D eigenvalue weighted by Crippen LogP contribution is 2.20. The summed E-state index contributed by atoms with van der Waals surface area (Å²) in [5, 5.41) is 3.47. The standard InChI is InChI=1S/C15H21ClN2O2/c1-10-8-18(9-11(2)20-10)12(3)15(19)17-14-7-5-4-6-13(14)16/h4-7,10-12H,8-9H2,1-3H3,(H,17,19)/p+1/t10-,11-,12-/m0/s1. The summed E-state index contributed by atoms with van der Waals surface area (Å²) in [4.78, 5) is 13.6. The van der Waals surface area contributed by atoms with E-state index >= 15 is 0 Å². The van der Waals surface area contributed by atoms with Gasteiger partial charge < -0.3 is 15.0 Å². The number of carbonyl (C=O) groups excluding carboxylic acids is 1. The highest BCUT2D eigenvalue weighted by molar-refractivity contribution is 6.33. The Morgan fingerprint density at radius 1 is 1.35 bits per heavy atom. The molecule has 2 rings (SSSR count). The molecule has 1 aliphatic heterocycles. The van der Waals surface area contributed by atoms with Gasteiger partial charge in [0.05, 0.1) is 10.7 Å². The van der Waals surface area contributed by atoms with Crippen molar-refractivity contribution in [3.05, 3.63) is 29.3 Å². The average Bonchev–Trinajstić information content (AvgIpc) is 2.39. The number of benzene rings is 1. The van der Waals surface area contributed by atoms with Crippen LogP contribution < -0.4 is 10.2 Å². The SMILES string of the molecule is C[C@H]1C[NH+]([C@@H](C)C(=O)Nc2ccccc2Cl)C[C@H](C)O1. The number of halogens is 1. The highest BCUT2D eigenvalue weighted by Gasteiger charge is 2.33. The molecule has 0 radical (unpaired) electrons. The van der Waals surface area contributed by atoms with E-state index in [1.54, 1.807) is 6.07 Å². The lowest BCUT2D eigenvalue weighted by Gasteiger charge is -2.35. The fourth-order valence-electron chi connectivity index (χ4n) is 2.66. The third-order valence-corrected chi connectivity index (χ3v) is 4.03. The van der Waals surface area contributed by atoms with E-state index in [0.29, 0.717) is 10.7 Å². The highest BCUT2D eigenvalue weighted by atomic mass is 35.5. The van der Waals surface area contributed by atoms with Crippen molar-refractivity contribution in [2.45, 2.75) is 39.0 Å². The summed E-state index contributed by atoms with van der Waals surface area (Å²) in [7, 11) is 0. The van der Waals surface area contributed by atoms with Crippen LogP contribution in [-0.2, 0) is 9.53 Å². The first kappa shape index (κ1) is 15.3. The predicted molar refractivity (Wildman–Crippen MR) is 80.2 cm³/mol. The van der Waals surface area contributed by atoms with Gasteiger partial charge in [-0.25, -0.2) is 0 Å². The third kappa shape index (κ3) is 3.72. The molecule has 110 valence electrons. The number of carbonyl (C=O) groups is 1. The van der Waals surface area contributed by atoms with Crippen LogP contribution in [0.15, 0.2) is 24.3 Å². The monoisotopic (exact) mass is 297 g/mol. The molecule has 0 aliphatic carbocycles. The average molecular weight is 298 g/mol. The van der Waals surface area contributed by atoms with Gasteiger partial charge in [0.1, 0.15) is 25.3 Å². The molecule has 1 fully saturated rings. The van der Waals surface area contributed by atoms with Crippen molar-refractivity contribution in [3.8, 4) is 0 Å². The summed E-state index contributed by atoms with van der Waals surface area (Å²) in [6.07, 6.45) is 0.369. The lowest BCUT2D eigenvalue weighted by atomic mass is 10.1. The van der Waals surface area contributed by atoms with E-state index in [4.69, 9.17) is 16.3 Å². The van der Waals surface area contributed by atoms with Crippen LogP contribution in [0.3, 0.4) is 0 Å². The normalized spacial score (nSPS) is 27.9. The van der Waals surface area contributed by atoms with Crippen molar-refractivity contribution in [1.82, 2.24) is 0 Å². The Hall–Kier alpha value is -1.10. The molecular formula is C15H22ClN2O2+. The van der Waals surface area contributed by atoms with Crippen LogP contribution in [0.4, 0.5) is 5.69 Å². The molecule has 0 unspecified atom stereocenters. The Kier molecular flexibility index (Phi) is 5.02. The zero-order chi connectivity index (χ0) is 14.7. The number of anilines is 1. The van der Waals surface area contributed by atoms with Gasteiger partial charge in [0.15, 0.2) is 6.04 Å². The van der Waals surface area contributed by atoms with E-state index in [1.807, 2.05) is 39.0 Å². The molecule has 1 heterocycles. The fourth-order valence-corrected chi connectivity index (χ4v) is 2.84. The van der Waals surface area contributed by atoms with E-state index < -0.39 is 0 Å². The number of hydrogen-bond acceptors (Lipinski definition) is 2. The van der Waals surface area contributed by atoms with Crippen LogP contribution >= 0.6 is 11.6 Å². The number of quaternary nitrogens is 1. The number of nitrogens with one attached hydrogen (secondary N) is 2. The third-order valence-electron chi connectivity index (χ3n) is 3.70. The molecule has 5 heteroatoms. The number of para-hydroxylation sites is 1. The van der Waals surface area contributed by atoms with E-state index in [2.05, 4.69) is 5.32 Å². The molecule has 1 aliphatic rings. The van der Waals surface area contributed by atoms with Crippen LogP contribution in [0, 0.1) is 0 Å². The molecule has 3 atom stereocenters. The van der Waals surface area contributed by atoms with E-state index in [1.165, 1.54) is 4.90 Å². The number of amides is 1. The summed E-state index contributed by atoms with van der Waals surface area (Å²) < 4.78 is 5.71. The zero-order valence-electron chi connectivity index (χ0n) is 12.2. The minimum Gasteiger partial charge on any atom is -0.364 e. The van der Waals surface area contributed by atoms with Gasteiger partial charge >= 0.3 is 0 Å². The van der Waals surface area contributed by atoms with Crippen LogP contribution in [0.25, 0.3) is 0 Å². The number of ether oxygens (including phenoxy) is 1. The van der Waals surface area contributed by atoms with Gasteiger partial charge in [0, 0.05) is 0 Å². The van der Waals surface area contributed by atoms with Crippen molar-refractivity contribution < 1.29 is 14.4 Å². The second-order valence-electron chi connectivity index (χ2n) is 5.51. The lowest BCUT2D eigenvalue weighted by molar-refractivity contribution is -0.928. The number of hydrogen-bond donors (Lipinski definition) is 2. The first-order valence-corrected chi connectivity index (χ1v) is 7.40. The van der Waals surface area contributed by atoms with Crippen LogP contribution in [-0.4, -0.2) is 37.2 Å². The van der Waals surface area contributed by atoms with E-state index in [0.717, 1.165) is 13.1 Å². The lowest BCUT2D eigenvalue weighted by Crippen LogP contribution is -3.19. The quantitative estimate of drug-likeness (QED) is 0.885. The topological polar surface area (TPSA) is 42.8 Å². The Labute approximate surface area is 125 Å². The molecule has 1 aromatic rings. The Morgan fingerprint density at radius 2 is 1.95 bits per heavy atom. The molecule has 20 heavy (non-hydrogen) atoms. The Balaban J connectivity index is 2.00.